The number of rotatable bonds is 3. The highest BCUT2D eigenvalue weighted by molar-refractivity contribution is 9.10. The second-order valence-corrected chi connectivity index (χ2v) is 4.23. The van der Waals surface area contributed by atoms with Crippen molar-refractivity contribution in [1.82, 2.24) is 0 Å². The van der Waals surface area contributed by atoms with Crippen molar-refractivity contribution in [2.45, 2.75) is 18.6 Å². The standard InChI is InChI=1S/C10H11BrF3NO.ClH/c1-16-9-4-6(11)2-3-7(9)8(15)5-10(12,13)14;/h2-4,8H,5,15H2,1H3;1H/t8-;/m0./s1. The van der Waals surface area contributed by atoms with Crippen LogP contribution in [0.15, 0.2) is 22.7 Å². The number of alkyl halides is 3. The third kappa shape index (κ3) is 5.14. The molecule has 1 aromatic rings. The fraction of sp³-hybridized carbons (Fsp3) is 0.400. The molecule has 0 fully saturated rings. The molecule has 0 aromatic heterocycles. The van der Waals surface area contributed by atoms with E-state index < -0.39 is 18.6 Å². The first-order valence-corrected chi connectivity index (χ1v) is 5.28. The molecule has 98 valence electrons. The summed E-state index contributed by atoms with van der Waals surface area (Å²) in [7, 11) is 1.39. The molecule has 1 aromatic carbocycles. The number of benzene rings is 1. The second kappa shape index (κ2) is 6.47. The summed E-state index contributed by atoms with van der Waals surface area (Å²) in [5.41, 5.74) is 5.84. The van der Waals surface area contributed by atoms with Crippen molar-refractivity contribution in [1.29, 1.82) is 0 Å². The Labute approximate surface area is 112 Å². The van der Waals surface area contributed by atoms with Gasteiger partial charge in [-0.15, -0.1) is 12.4 Å². The topological polar surface area (TPSA) is 35.2 Å². The van der Waals surface area contributed by atoms with Crippen LogP contribution in [-0.4, -0.2) is 13.3 Å². The molecule has 0 saturated carbocycles. The molecule has 1 rings (SSSR count). The third-order valence-corrected chi connectivity index (χ3v) is 2.54. The highest BCUT2D eigenvalue weighted by Crippen LogP contribution is 2.33. The second-order valence-electron chi connectivity index (χ2n) is 3.31. The molecular weight excluding hydrogens is 322 g/mol. The molecule has 0 aliphatic carbocycles. The van der Waals surface area contributed by atoms with E-state index in [9.17, 15) is 13.2 Å². The van der Waals surface area contributed by atoms with E-state index in [2.05, 4.69) is 15.9 Å². The van der Waals surface area contributed by atoms with E-state index in [0.29, 0.717) is 11.3 Å². The Hall–Kier alpha value is -0.460. The molecule has 0 saturated heterocycles. The molecule has 0 amide bonds. The molecule has 0 unspecified atom stereocenters. The van der Waals surface area contributed by atoms with Crippen molar-refractivity contribution in [3.05, 3.63) is 28.2 Å². The highest BCUT2D eigenvalue weighted by Gasteiger charge is 2.31. The van der Waals surface area contributed by atoms with E-state index in [0.717, 1.165) is 4.47 Å². The molecular formula is C10H12BrClF3NO. The number of hydrogen-bond donors (Lipinski definition) is 1. The van der Waals surface area contributed by atoms with Crippen molar-refractivity contribution in [3.8, 4) is 5.75 Å². The molecule has 2 N–H and O–H groups in total. The fourth-order valence-corrected chi connectivity index (χ4v) is 1.69. The van der Waals surface area contributed by atoms with Crippen LogP contribution < -0.4 is 10.5 Å². The monoisotopic (exact) mass is 333 g/mol. The maximum Gasteiger partial charge on any atom is 0.390 e. The van der Waals surface area contributed by atoms with Crippen molar-refractivity contribution in [2.75, 3.05) is 7.11 Å². The van der Waals surface area contributed by atoms with Crippen LogP contribution in [0.2, 0.25) is 0 Å². The van der Waals surface area contributed by atoms with Gasteiger partial charge in [0, 0.05) is 16.1 Å². The van der Waals surface area contributed by atoms with Gasteiger partial charge in [0.15, 0.2) is 0 Å². The molecule has 0 heterocycles. The molecule has 0 spiro atoms. The minimum absolute atomic E-state index is 0. The minimum atomic E-state index is -4.28. The van der Waals surface area contributed by atoms with Gasteiger partial charge < -0.3 is 10.5 Å². The predicted molar refractivity (Wildman–Crippen MR) is 65.5 cm³/mol. The summed E-state index contributed by atoms with van der Waals surface area (Å²) in [6.45, 7) is 0. The van der Waals surface area contributed by atoms with E-state index in [1.807, 2.05) is 0 Å². The van der Waals surface area contributed by atoms with Gasteiger partial charge in [0.05, 0.1) is 13.5 Å². The van der Waals surface area contributed by atoms with Gasteiger partial charge in [-0.25, -0.2) is 0 Å². The van der Waals surface area contributed by atoms with Crippen molar-refractivity contribution >= 4 is 28.3 Å². The average molecular weight is 335 g/mol. The van der Waals surface area contributed by atoms with Crippen LogP contribution in [0, 0.1) is 0 Å². The summed E-state index contributed by atoms with van der Waals surface area (Å²) in [5, 5.41) is 0. The zero-order chi connectivity index (χ0) is 12.3. The zero-order valence-corrected chi connectivity index (χ0v) is 11.3. The number of halogens is 5. The Kier molecular flexibility index (Phi) is 6.29. The SMILES string of the molecule is COc1cc(Br)ccc1[C@@H](N)CC(F)(F)F.Cl. The Morgan fingerprint density at radius 3 is 2.47 bits per heavy atom. The van der Waals surface area contributed by atoms with Crippen LogP contribution in [0.1, 0.15) is 18.0 Å². The van der Waals surface area contributed by atoms with Gasteiger partial charge in [-0.1, -0.05) is 22.0 Å². The van der Waals surface area contributed by atoms with Gasteiger partial charge in [0.25, 0.3) is 0 Å². The van der Waals surface area contributed by atoms with E-state index >= 15 is 0 Å². The molecule has 17 heavy (non-hydrogen) atoms. The molecule has 0 bridgehead atoms. The Balaban J connectivity index is 0.00000256. The molecule has 0 aliphatic heterocycles. The largest absolute Gasteiger partial charge is 0.496 e. The fourth-order valence-electron chi connectivity index (χ4n) is 1.35. The van der Waals surface area contributed by atoms with Gasteiger partial charge in [-0.05, 0) is 12.1 Å². The number of ether oxygens (including phenoxy) is 1. The van der Waals surface area contributed by atoms with Crippen LogP contribution in [0.4, 0.5) is 13.2 Å². The first-order chi connectivity index (χ1) is 7.33. The zero-order valence-electron chi connectivity index (χ0n) is 8.92. The van der Waals surface area contributed by atoms with Crippen LogP contribution in [-0.2, 0) is 0 Å². The van der Waals surface area contributed by atoms with Crippen molar-refractivity contribution in [3.63, 3.8) is 0 Å². The summed E-state index contributed by atoms with van der Waals surface area (Å²) in [4.78, 5) is 0. The molecule has 1 atom stereocenters. The Bertz CT molecular complexity index is 373. The van der Waals surface area contributed by atoms with E-state index in [1.54, 1.807) is 12.1 Å². The van der Waals surface area contributed by atoms with Gasteiger partial charge in [-0.3, -0.25) is 0 Å². The first kappa shape index (κ1) is 16.5. The maximum absolute atomic E-state index is 12.2. The minimum Gasteiger partial charge on any atom is -0.496 e. The Morgan fingerprint density at radius 2 is 2.00 bits per heavy atom. The van der Waals surface area contributed by atoms with Gasteiger partial charge in [0.2, 0.25) is 0 Å². The van der Waals surface area contributed by atoms with Crippen LogP contribution >= 0.6 is 28.3 Å². The molecule has 2 nitrogen and oxygen atoms in total. The number of methoxy groups -OCH3 is 1. The van der Waals surface area contributed by atoms with Gasteiger partial charge in [-0.2, -0.15) is 13.2 Å². The summed E-state index contributed by atoms with van der Waals surface area (Å²) in [6.07, 6.45) is -5.34. The lowest BCUT2D eigenvalue weighted by Gasteiger charge is -2.17. The molecule has 0 radical (unpaired) electrons. The maximum atomic E-state index is 12.2. The lowest BCUT2D eigenvalue weighted by Crippen LogP contribution is -2.20. The smallest absolute Gasteiger partial charge is 0.390 e. The lowest BCUT2D eigenvalue weighted by molar-refractivity contribution is -0.138. The van der Waals surface area contributed by atoms with E-state index in [4.69, 9.17) is 10.5 Å². The van der Waals surface area contributed by atoms with Gasteiger partial charge in [0.1, 0.15) is 5.75 Å². The lowest BCUT2D eigenvalue weighted by atomic mass is 10.0. The molecule has 7 heteroatoms. The van der Waals surface area contributed by atoms with Crippen LogP contribution in [0.5, 0.6) is 5.75 Å². The number of nitrogens with two attached hydrogens (primary N) is 1. The summed E-state index contributed by atoms with van der Waals surface area (Å²) in [6, 6.07) is 3.64. The predicted octanol–water partition coefficient (Wildman–Crippen LogP) is 3.83. The van der Waals surface area contributed by atoms with E-state index in [-0.39, 0.29) is 12.4 Å². The summed E-state index contributed by atoms with van der Waals surface area (Å²) >= 11 is 3.20. The van der Waals surface area contributed by atoms with E-state index in [1.165, 1.54) is 13.2 Å². The normalized spacial score (nSPS) is 12.8. The van der Waals surface area contributed by atoms with Crippen LogP contribution in [0.25, 0.3) is 0 Å². The quantitative estimate of drug-likeness (QED) is 0.912. The number of hydrogen-bond acceptors (Lipinski definition) is 2. The third-order valence-electron chi connectivity index (χ3n) is 2.05. The Morgan fingerprint density at radius 1 is 1.41 bits per heavy atom. The van der Waals surface area contributed by atoms with Crippen molar-refractivity contribution < 1.29 is 17.9 Å². The van der Waals surface area contributed by atoms with Crippen molar-refractivity contribution in [2.24, 2.45) is 5.73 Å². The van der Waals surface area contributed by atoms with Crippen LogP contribution in [0.3, 0.4) is 0 Å². The summed E-state index contributed by atoms with van der Waals surface area (Å²) in [5.74, 6) is 0.353. The molecule has 0 aliphatic rings. The van der Waals surface area contributed by atoms with Gasteiger partial charge >= 0.3 is 6.18 Å². The first-order valence-electron chi connectivity index (χ1n) is 4.49. The highest BCUT2D eigenvalue weighted by atomic mass is 79.9. The average Bonchev–Trinajstić information content (AvgIpc) is 2.14. The summed E-state index contributed by atoms with van der Waals surface area (Å²) < 4.78 is 42.2.